The Labute approximate surface area is 125 Å². The van der Waals surface area contributed by atoms with E-state index in [1.54, 1.807) is 6.92 Å². The van der Waals surface area contributed by atoms with Crippen LogP contribution in [-0.2, 0) is 17.8 Å². The third kappa shape index (κ3) is 9.61. The fourth-order valence-corrected chi connectivity index (χ4v) is 10.8. The Bertz CT molecular complexity index is 341. The number of ether oxygens (including phenoxy) is 1. The van der Waals surface area contributed by atoms with Crippen LogP contribution in [0.3, 0.4) is 0 Å². The van der Waals surface area contributed by atoms with Gasteiger partial charge in [0.05, 0.1) is 12.7 Å². The predicted molar refractivity (Wildman–Crippen MR) is 87.4 cm³/mol. The highest BCUT2D eigenvalue weighted by molar-refractivity contribution is 6.85. The van der Waals surface area contributed by atoms with Crippen LogP contribution >= 0.6 is 0 Å². The lowest BCUT2D eigenvalue weighted by molar-refractivity contribution is -0.138. The first kappa shape index (κ1) is 19.7. The molecule has 0 bridgehead atoms. The zero-order valence-corrected chi connectivity index (χ0v) is 16.7. The molecule has 0 atom stereocenters. The molecule has 0 aliphatic rings. The van der Waals surface area contributed by atoms with Crippen molar-refractivity contribution in [2.24, 2.45) is 0 Å². The van der Waals surface area contributed by atoms with Gasteiger partial charge < -0.3 is 17.8 Å². The fourth-order valence-electron chi connectivity index (χ4n) is 1.48. The first-order valence-corrected chi connectivity index (χ1v) is 15.5. The van der Waals surface area contributed by atoms with E-state index in [0.29, 0.717) is 5.57 Å². The first-order chi connectivity index (χ1) is 8.74. The van der Waals surface area contributed by atoms with E-state index in [1.807, 2.05) is 39.3 Å². The molecule has 0 amide bonds. The van der Waals surface area contributed by atoms with E-state index in [1.165, 1.54) is 0 Å². The quantitative estimate of drug-likeness (QED) is 0.419. The molecule has 1 N–H and O–H groups in total. The van der Waals surface area contributed by atoms with Crippen molar-refractivity contribution in [3.05, 3.63) is 12.2 Å². The summed E-state index contributed by atoms with van der Waals surface area (Å²) in [7, 11) is -7.19. The molecule has 118 valence electrons. The minimum absolute atomic E-state index is 0.0867. The van der Waals surface area contributed by atoms with Gasteiger partial charge >= 0.3 is 14.8 Å². The van der Waals surface area contributed by atoms with Gasteiger partial charge in [-0.05, 0) is 46.2 Å². The number of hydrogen-bond acceptors (Lipinski definition) is 5. The zero-order chi connectivity index (χ0) is 16.2. The van der Waals surface area contributed by atoms with E-state index in [4.69, 9.17) is 13.0 Å². The molecule has 8 heteroatoms. The fraction of sp³-hybridized carbons (Fsp3) is 0.750. The average molecular weight is 337 g/mol. The van der Waals surface area contributed by atoms with Crippen molar-refractivity contribution in [1.82, 2.24) is 0 Å². The summed E-state index contributed by atoms with van der Waals surface area (Å²) in [5.41, 5.74) is 0.340. The van der Waals surface area contributed by atoms with Crippen molar-refractivity contribution < 1.29 is 22.6 Å². The minimum atomic E-state index is -3.31. The molecule has 0 spiro atoms. The van der Waals surface area contributed by atoms with E-state index < -0.39 is 31.4 Å². The van der Waals surface area contributed by atoms with Gasteiger partial charge in [-0.3, -0.25) is 0 Å². The van der Waals surface area contributed by atoms with Crippen molar-refractivity contribution in [1.29, 1.82) is 0 Å². The number of hydrogen-bond donors (Lipinski definition) is 1. The molecule has 0 saturated heterocycles. The lowest BCUT2D eigenvalue weighted by atomic mass is 10.4. The second-order valence-electron chi connectivity index (χ2n) is 6.81. The Morgan fingerprint density at radius 3 is 1.75 bits per heavy atom. The predicted octanol–water partition coefficient (Wildman–Crippen LogP) is 2.74. The van der Waals surface area contributed by atoms with Crippen molar-refractivity contribution >= 4 is 31.4 Å². The van der Waals surface area contributed by atoms with Crippen LogP contribution in [0.1, 0.15) is 6.92 Å². The lowest BCUT2D eigenvalue weighted by Crippen LogP contribution is -2.55. The van der Waals surface area contributed by atoms with Gasteiger partial charge in [-0.2, -0.15) is 0 Å². The van der Waals surface area contributed by atoms with E-state index in [2.05, 4.69) is 6.58 Å². The van der Waals surface area contributed by atoms with Gasteiger partial charge in [0.2, 0.25) is 0 Å². The molecule has 0 radical (unpaired) electrons. The van der Waals surface area contributed by atoms with Crippen LogP contribution in [0.4, 0.5) is 0 Å². The van der Waals surface area contributed by atoms with E-state index in [0.717, 1.165) is 0 Å². The van der Waals surface area contributed by atoms with Gasteiger partial charge in [-0.1, -0.05) is 6.58 Å². The number of carbonyl (C=O) groups is 1. The van der Waals surface area contributed by atoms with Crippen LogP contribution in [0.5, 0.6) is 0 Å². The third-order valence-electron chi connectivity index (χ3n) is 1.93. The Hall–Kier alpha value is -0.259. The van der Waals surface area contributed by atoms with E-state index in [9.17, 15) is 9.59 Å². The monoisotopic (exact) mass is 336 g/mol. The van der Waals surface area contributed by atoms with Crippen LogP contribution in [-0.4, -0.2) is 42.8 Å². The largest absolute Gasteiger partial charge is 0.480 e. The van der Waals surface area contributed by atoms with Crippen LogP contribution in [0.15, 0.2) is 12.2 Å². The molecule has 0 saturated carbocycles. The van der Waals surface area contributed by atoms with Gasteiger partial charge in [0.15, 0.2) is 16.6 Å². The van der Waals surface area contributed by atoms with Crippen LogP contribution in [0, 0.1) is 0 Å². The second-order valence-corrected chi connectivity index (χ2v) is 18.8. The highest BCUT2D eigenvalue weighted by Crippen LogP contribution is 2.22. The maximum absolute atomic E-state index is 11.3. The van der Waals surface area contributed by atoms with Crippen molar-refractivity contribution in [2.75, 3.05) is 6.61 Å². The van der Waals surface area contributed by atoms with Gasteiger partial charge in [-0.15, -0.1) is 0 Å². The molecule has 0 aromatic heterocycles. The molecule has 0 fully saturated rings. The summed E-state index contributed by atoms with van der Waals surface area (Å²) in [5, 5.41) is 0. The smallest absolute Gasteiger partial charge is 0.462 e. The highest BCUT2D eigenvalue weighted by Gasteiger charge is 2.44. The van der Waals surface area contributed by atoms with Crippen LogP contribution in [0.2, 0.25) is 45.3 Å². The molecule has 0 aliphatic heterocycles. The van der Waals surface area contributed by atoms with Crippen LogP contribution < -0.4 is 0 Å². The van der Waals surface area contributed by atoms with Crippen molar-refractivity contribution in [3.8, 4) is 0 Å². The van der Waals surface area contributed by atoms with Gasteiger partial charge in [-0.25, -0.2) is 4.79 Å². The molecular weight excluding hydrogens is 308 g/mol. The molecular formula is C12H28O5Si3. The summed E-state index contributed by atoms with van der Waals surface area (Å²) < 4.78 is 16.8. The third-order valence-corrected chi connectivity index (χ3v) is 10.2. The average Bonchev–Trinajstić information content (AvgIpc) is 2.10. The highest BCUT2D eigenvalue weighted by atomic mass is 28.5. The summed E-state index contributed by atoms with van der Waals surface area (Å²) in [6, 6.07) is 0.223. The molecule has 0 aromatic rings. The van der Waals surface area contributed by atoms with E-state index >= 15 is 0 Å². The Morgan fingerprint density at radius 2 is 1.45 bits per heavy atom. The number of rotatable bonds is 8. The molecule has 5 nitrogen and oxygen atoms in total. The second kappa shape index (κ2) is 7.14. The molecule has 20 heavy (non-hydrogen) atoms. The van der Waals surface area contributed by atoms with Gasteiger partial charge in [0.25, 0.3) is 0 Å². The van der Waals surface area contributed by atoms with Crippen molar-refractivity contribution in [3.63, 3.8) is 0 Å². The summed E-state index contributed by atoms with van der Waals surface area (Å²) in [6.07, 6.45) is 0. The van der Waals surface area contributed by atoms with Crippen LogP contribution in [0.25, 0.3) is 0 Å². The standard InChI is InChI=1S/C12H28O5Si3/c1-11(2)12(13)15-9-10-20(14,16-18(3,4)5)17-19(6,7)8/h14H,1,9-10H2,2-8H3. The summed E-state index contributed by atoms with van der Waals surface area (Å²) >= 11 is 0. The van der Waals surface area contributed by atoms with Gasteiger partial charge in [0.1, 0.15) is 0 Å². The molecule has 0 unspecified atom stereocenters. The molecule has 0 rings (SSSR count). The maximum Gasteiger partial charge on any atom is 0.480 e. The topological polar surface area (TPSA) is 65.0 Å². The number of carbonyl (C=O) groups excluding carboxylic acids is 1. The van der Waals surface area contributed by atoms with Gasteiger partial charge in [0, 0.05) is 5.57 Å². The Kier molecular flexibility index (Phi) is 7.05. The van der Waals surface area contributed by atoms with E-state index in [-0.39, 0.29) is 12.7 Å². The normalized spacial score (nSPS) is 13.2. The molecule has 0 aliphatic carbocycles. The molecule has 0 aromatic carbocycles. The summed E-state index contributed by atoms with van der Waals surface area (Å²) in [4.78, 5) is 22.0. The zero-order valence-electron chi connectivity index (χ0n) is 13.7. The molecule has 0 heterocycles. The summed E-state index contributed by atoms with van der Waals surface area (Å²) in [6.45, 7) is 17.2. The van der Waals surface area contributed by atoms with Crippen molar-refractivity contribution in [2.45, 2.75) is 52.2 Å². The summed E-state index contributed by atoms with van der Waals surface area (Å²) in [5.74, 6) is -0.456. The Morgan fingerprint density at radius 1 is 1.05 bits per heavy atom. The number of esters is 1. The first-order valence-electron chi connectivity index (χ1n) is 6.69. The minimum Gasteiger partial charge on any atom is -0.462 e. The SMILES string of the molecule is C=C(C)C(=O)OCC[Si](O)(O[Si](C)(C)C)O[Si](C)(C)C. The lowest BCUT2D eigenvalue weighted by Gasteiger charge is -2.35. The Balaban J connectivity index is 4.70. The maximum atomic E-state index is 11.3.